The number of carboxylic acids is 3. The van der Waals surface area contributed by atoms with Crippen molar-refractivity contribution in [2.75, 3.05) is 37.7 Å². The molecule has 8 N–H and O–H groups in total. The number of fused-ring (bicyclic) bond motifs is 2. The summed E-state index contributed by atoms with van der Waals surface area (Å²) in [6.07, 6.45) is 13.3. The van der Waals surface area contributed by atoms with Gasteiger partial charge < -0.3 is 46.2 Å². The van der Waals surface area contributed by atoms with Crippen LogP contribution < -0.4 is 26.2 Å². The predicted octanol–water partition coefficient (Wildman–Crippen LogP) is 5.32. The molecule has 0 bridgehead atoms. The zero-order chi connectivity index (χ0) is 58.0. The molecule has 0 spiro atoms. The number of nitrogens with one attached hydrogen (secondary N) is 4. The summed E-state index contributed by atoms with van der Waals surface area (Å²) in [7, 11) is -4.46. The number of nitrogens with zero attached hydrogens (tertiary/aromatic N) is 2. The predicted molar refractivity (Wildman–Crippen MR) is 291 cm³/mol. The van der Waals surface area contributed by atoms with Gasteiger partial charge in [-0.3, -0.25) is 42.9 Å². The lowest BCUT2D eigenvalue weighted by Gasteiger charge is -2.25. The molecule has 2 aromatic rings. The molecule has 0 aliphatic carbocycles. The largest absolute Gasteiger partial charge is 0.481 e. The number of amides is 4. The number of ether oxygens (including phenoxy) is 1. The quantitative estimate of drug-likeness (QED) is 0.0199. The molecule has 0 saturated carbocycles. The topological polar surface area (TPSA) is 315 Å². The molecule has 22 heteroatoms. The molecule has 424 valence electrons. The normalized spacial score (nSPS) is 16.3. The molecule has 0 fully saturated rings. The van der Waals surface area contributed by atoms with Crippen LogP contribution in [0.1, 0.15) is 122 Å². The third kappa shape index (κ3) is 18.2. The van der Waals surface area contributed by atoms with Gasteiger partial charge in [0.05, 0.1) is 23.0 Å². The maximum atomic E-state index is 13.3. The number of unbranched alkanes of at least 4 members (excludes halogenated alkanes) is 2. The molecule has 2 aromatic carbocycles. The van der Waals surface area contributed by atoms with Gasteiger partial charge >= 0.3 is 17.9 Å². The van der Waals surface area contributed by atoms with E-state index >= 15 is 0 Å². The highest BCUT2D eigenvalue weighted by molar-refractivity contribution is 7.85. The van der Waals surface area contributed by atoms with E-state index in [1.807, 2.05) is 50.3 Å². The van der Waals surface area contributed by atoms with Gasteiger partial charge in [0.1, 0.15) is 25.2 Å². The molecule has 0 unspecified atom stereocenters. The summed E-state index contributed by atoms with van der Waals surface area (Å²) in [5.74, 6) is -7.55. The Balaban J connectivity index is 1.29. The zero-order valence-electron chi connectivity index (χ0n) is 45.4. The molecule has 2 aliphatic rings. The molecule has 0 radical (unpaired) electrons. The second kappa shape index (κ2) is 28.9. The van der Waals surface area contributed by atoms with Crippen molar-refractivity contribution in [3.05, 3.63) is 101 Å². The summed E-state index contributed by atoms with van der Waals surface area (Å²) >= 11 is 0. The van der Waals surface area contributed by atoms with Gasteiger partial charge in [0.25, 0.3) is 10.1 Å². The standard InChI is InChI=1S/C56H74N6O15S/c1-8-61-44-25-20-36(2)33-39(44)55(4,5)46(61)17-13-10-9-11-14-18-47-56(6,7)40-34-38(78(74,75)76)21-26-45(40)62(47)31-16-12-15-19-48(64)57-30-32-77-35-49(65)58-42(23-28-51(68)69)53(72)60-43(24-29-52(70)71)54(73)59-41(37(3)63)22-27-50(66)67/h9-11,13-14,17-18,20-21,25-26,33-34,41-43H,8,12,15-16,19,22-24,27-32,35H2,1-7H3,(H7-,57,58,59,60,64,65,66,67,68,69,70,71,72,73,74,75,76)/p+1/t41-,42-,43-/m1/s1. The monoisotopic (exact) mass is 1100 g/mol. The first-order valence-electron chi connectivity index (χ1n) is 26.0. The first kappa shape index (κ1) is 63.2. The average Bonchev–Trinajstić information content (AvgIpc) is 3.91. The van der Waals surface area contributed by atoms with Crippen molar-refractivity contribution in [1.29, 1.82) is 0 Å². The van der Waals surface area contributed by atoms with Crippen molar-refractivity contribution in [2.24, 2.45) is 0 Å². The number of rotatable bonds is 32. The fourth-order valence-electron chi connectivity index (χ4n) is 9.42. The van der Waals surface area contributed by atoms with Crippen LogP contribution in [0, 0.1) is 6.92 Å². The number of hydrogen-bond acceptors (Lipinski definition) is 12. The molecule has 2 aliphatic heterocycles. The Bertz CT molecular complexity index is 2850. The first-order chi connectivity index (χ1) is 36.7. The third-order valence-corrected chi connectivity index (χ3v) is 14.4. The minimum absolute atomic E-state index is 0.0329. The van der Waals surface area contributed by atoms with Gasteiger partial charge in [-0.1, -0.05) is 61.9 Å². The highest BCUT2D eigenvalue weighted by atomic mass is 32.2. The van der Waals surface area contributed by atoms with E-state index in [0.717, 1.165) is 30.4 Å². The van der Waals surface area contributed by atoms with Gasteiger partial charge in [0.2, 0.25) is 29.3 Å². The number of Topliss-reactive ketones (excluding diaryl/α,β-unsaturated/α-hetero) is 1. The summed E-state index contributed by atoms with van der Waals surface area (Å²) in [5.41, 5.74) is 6.65. The number of carboxylic acid groups (broad SMARTS) is 3. The number of carbonyl (C=O) groups is 8. The van der Waals surface area contributed by atoms with Gasteiger partial charge in [-0.05, 0) is 96.6 Å². The van der Waals surface area contributed by atoms with Crippen LogP contribution in [-0.4, -0.2) is 137 Å². The molecular weight excluding hydrogens is 1030 g/mol. The highest BCUT2D eigenvalue weighted by Crippen LogP contribution is 2.48. The smallest absolute Gasteiger partial charge is 0.303 e. The maximum Gasteiger partial charge on any atom is 0.303 e. The zero-order valence-corrected chi connectivity index (χ0v) is 46.2. The van der Waals surface area contributed by atoms with Crippen LogP contribution in [0.3, 0.4) is 0 Å². The van der Waals surface area contributed by atoms with E-state index < -0.39 is 114 Å². The van der Waals surface area contributed by atoms with Crippen LogP contribution in [0.25, 0.3) is 0 Å². The SMILES string of the molecule is CCN1C(=CC=CC=CC=CC2=[N+](CCCCCC(=O)NCCOCC(=O)N[C@H](CCC(=O)O)C(=O)N[C@H](CCC(=O)O)C(=O)N[C@H](CCC(=O)O)C(C)=O)c3ccc(S(=O)(=O)O)cc3C2(C)C)C(C)(C)c2cc(C)ccc21. The number of hydrogen-bond donors (Lipinski definition) is 8. The summed E-state index contributed by atoms with van der Waals surface area (Å²) in [4.78, 5) is 99.9. The number of aliphatic carboxylic acids is 3. The lowest BCUT2D eigenvalue weighted by Crippen LogP contribution is -2.56. The minimum atomic E-state index is -4.46. The Morgan fingerprint density at radius 3 is 1.90 bits per heavy atom. The van der Waals surface area contributed by atoms with E-state index in [9.17, 15) is 61.5 Å². The summed E-state index contributed by atoms with van der Waals surface area (Å²) in [5, 5.41) is 37.2. The van der Waals surface area contributed by atoms with Crippen LogP contribution >= 0.6 is 0 Å². The van der Waals surface area contributed by atoms with E-state index in [1.165, 1.54) is 34.6 Å². The molecular formula is C56H75N6O15S+. The fraction of sp³-hybridized carbons (Fsp3) is 0.482. The molecule has 21 nitrogen and oxygen atoms in total. The van der Waals surface area contributed by atoms with E-state index in [2.05, 4.69) is 82.7 Å². The van der Waals surface area contributed by atoms with E-state index in [-0.39, 0.29) is 42.2 Å². The van der Waals surface area contributed by atoms with Crippen molar-refractivity contribution in [1.82, 2.24) is 21.3 Å². The van der Waals surface area contributed by atoms with Crippen LogP contribution in [0.2, 0.25) is 0 Å². The van der Waals surface area contributed by atoms with Crippen LogP contribution in [0.15, 0.2) is 89.5 Å². The molecule has 3 atom stereocenters. The summed E-state index contributed by atoms with van der Waals surface area (Å²) < 4.78 is 41.7. The molecule has 4 amide bonds. The highest BCUT2D eigenvalue weighted by Gasteiger charge is 2.45. The number of likely N-dealkylation sites (N-methyl/N-ethyl adjacent to an activating group) is 1. The maximum absolute atomic E-state index is 13.3. The van der Waals surface area contributed by atoms with E-state index in [4.69, 9.17) is 9.84 Å². The Labute approximate surface area is 455 Å². The Morgan fingerprint density at radius 1 is 0.705 bits per heavy atom. The fourth-order valence-corrected chi connectivity index (χ4v) is 9.93. The van der Waals surface area contributed by atoms with Gasteiger partial charge in [-0.2, -0.15) is 13.0 Å². The van der Waals surface area contributed by atoms with Gasteiger partial charge in [0.15, 0.2) is 11.5 Å². The number of ketones is 1. The Kier molecular flexibility index (Phi) is 23.4. The van der Waals surface area contributed by atoms with Gasteiger partial charge in [-0.15, -0.1) is 0 Å². The van der Waals surface area contributed by atoms with Crippen LogP contribution in [0.4, 0.5) is 11.4 Å². The molecule has 2 heterocycles. The second-order valence-corrected chi connectivity index (χ2v) is 21.7. The molecule has 0 saturated heterocycles. The van der Waals surface area contributed by atoms with E-state index in [0.29, 0.717) is 25.8 Å². The number of benzene rings is 2. The van der Waals surface area contributed by atoms with Gasteiger partial charge in [0, 0.05) is 79.7 Å². The average molecular weight is 1100 g/mol. The Hall–Kier alpha value is -7.30. The minimum Gasteiger partial charge on any atom is -0.481 e. The Morgan fingerprint density at radius 2 is 1.29 bits per heavy atom. The third-order valence-electron chi connectivity index (χ3n) is 13.6. The van der Waals surface area contributed by atoms with Crippen molar-refractivity contribution in [3.8, 4) is 0 Å². The lowest BCUT2D eigenvalue weighted by molar-refractivity contribution is -0.438. The van der Waals surface area contributed by atoms with Crippen molar-refractivity contribution in [2.45, 2.75) is 147 Å². The van der Waals surface area contributed by atoms with E-state index in [1.54, 1.807) is 6.07 Å². The van der Waals surface area contributed by atoms with Crippen molar-refractivity contribution in [3.63, 3.8) is 0 Å². The number of carbonyl (C=O) groups excluding carboxylic acids is 5. The molecule has 0 aromatic heterocycles. The van der Waals surface area contributed by atoms with Crippen LogP contribution in [0.5, 0.6) is 0 Å². The van der Waals surface area contributed by atoms with Crippen molar-refractivity contribution < 1.29 is 76.0 Å². The summed E-state index contributed by atoms with van der Waals surface area (Å²) in [6.45, 7) is 14.6. The number of anilines is 1. The van der Waals surface area contributed by atoms with Gasteiger partial charge in [-0.25, -0.2) is 0 Å². The second-order valence-electron chi connectivity index (χ2n) is 20.3. The first-order valence-corrected chi connectivity index (χ1v) is 27.4. The lowest BCUT2D eigenvalue weighted by atomic mass is 9.81. The van der Waals surface area contributed by atoms with Crippen LogP contribution in [-0.2, 0) is 64.0 Å². The molecule has 4 rings (SSSR count). The summed E-state index contributed by atoms with van der Waals surface area (Å²) in [6, 6.07) is 6.84. The van der Waals surface area contributed by atoms with Crippen molar-refractivity contribution >= 4 is 74.5 Å². The number of allylic oxidation sites excluding steroid dienone is 8. The molecule has 78 heavy (non-hydrogen) atoms. The number of aryl methyl sites for hydroxylation is 1.